The Hall–Kier alpha value is -2.09. The molecule has 0 saturated carbocycles. The highest BCUT2D eigenvalue weighted by molar-refractivity contribution is 7.90. The molecule has 0 bridgehead atoms. The van der Waals surface area contributed by atoms with Crippen LogP contribution in [0.5, 0.6) is 0 Å². The lowest BCUT2D eigenvalue weighted by Gasteiger charge is -2.14. The minimum Gasteiger partial charge on any atom is -0.356 e. The molecule has 0 aliphatic carbocycles. The van der Waals surface area contributed by atoms with Crippen molar-refractivity contribution >= 4 is 21.7 Å². The van der Waals surface area contributed by atoms with Crippen LogP contribution in [-0.4, -0.2) is 59.1 Å². The van der Waals surface area contributed by atoms with Gasteiger partial charge in [0.15, 0.2) is 15.8 Å². The topological polar surface area (TPSA) is 90.9 Å². The number of nitrogens with one attached hydrogen (secondary N) is 2. The number of nitrogens with zero attached hydrogens (tertiary/aromatic N) is 2. The molecule has 0 aromatic heterocycles. The molecule has 0 heterocycles. The van der Waals surface area contributed by atoms with Crippen molar-refractivity contribution in [2.45, 2.75) is 24.8 Å². The number of amides is 1. The largest absolute Gasteiger partial charge is 0.356 e. The molecular formula is C16H26N4O3S. The fraction of sp³-hybridized carbons (Fsp3) is 0.500. The number of carbonyl (C=O) groups excluding carboxylic acids is 1. The van der Waals surface area contributed by atoms with Gasteiger partial charge in [-0.25, -0.2) is 8.42 Å². The van der Waals surface area contributed by atoms with E-state index >= 15 is 0 Å². The van der Waals surface area contributed by atoms with Crippen LogP contribution in [0.3, 0.4) is 0 Å². The van der Waals surface area contributed by atoms with Gasteiger partial charge in [0, 0.05) is 46.9 Å². The molecule has 0 unspecified atom stereocenters. The van der Waals surface area contributed by atoms with E-state index in [-0.39, 0.29) is 5.91 Å². The van der Waals surface area contributed by atoms with E-state index in [4.69, 9.17) is 0 Å². The average molecular weight is 354 g/mol. The monoisotopic (exact) mass is 354 g/mol. The molecule has 0 saturated heterocycles. The Bertz CT molecular complexity index is 712. The van der Waals surface area contributed by atoms with E-state index in [1.54, 1.807) is 45.1 Å². The summed E-state index contributed by atoms with van der Waals surface area (Å²) < 4.78 is 23.2. The molecule has 2 N–H and O–H groups in total. The molecule has 1 rings (SSSR count). The van der Waals surface area contributed by atoms with Gasteiger partial charge in [-0.1, -0.05) is 12.1 Å². The highest BCUT2D eigenvalue weighted by Gasteiger charge is 2.11. The average Bonchev–Trinajstić information content (AvgIpc) is 2.49. The Morgan fingerprint density at radius 3 is 2.42 bits per heavy atom. The predicted octanol–water partition coefficient (Wildman–Crippen LogP) is 0.542. The van der Waals surface area contributed by atoms with Crippen molar-refractivity contribution in [1.82, 2.24) is 15.5 Å². The van der Waals surface area contributed by atoms with Crippen LogP contribution >= 0.6 is 0 Å². The lowest BCUT2D eigenvalue weighted by Crippen LogP contribution is -2.38. The molecule has 0 fully saturated rings. The van der Waals surface area contributed by atoms with Crippen molar-refractivity contribution in [3.05, 3.63) is 29.3 Å². The fourth-order valence-electron chi connectivity index (χ4n) is 2.16. The Morgan fingerprint density at radius 1 is 1.25 bits per heavy atom. The van der Waals surface area contributed by atoms with Crippen LogP contribution in [0.25, 0.3) is 0 Å². The van der Waals surface area contributed by atoms with Crippen molar-refractivity contribution in [2.24, 2.45) is 4.99 Å². The quantitative estimate of drug-likeness (QED) is 0.575. The highest BCUT2D eigenvalue weighted by Crippen LogP contribution is 2.16. The number of aryl methyl sites for hydroxylation is 1. The second-order valence-electron chi connectivity index (χ2n) is 5.76. The molecule has 1 aromatic carbocycles. The number of rotatable bonds is 6. The first kappa shape index (κ1) is 20.0. The number of aliphatic imine (C=N–C) groups is 1. The molecule has 1 aromatic rings. The van der Waals surface area contributed by atoms with Gasteiger partial charge in [-0.2, -0.15) is 0 Å². The molecule has 24 heavy (non-hydrogen) atoms. The number of benzene rings is 1. The summed E-state index contributed by atoms with van der Waals surface area (Å²) in [6.07, 6.45) is 1.59. The van der Waals surface area contributed by atoms with Gasteiger partial charge in [0.2, 0.25) is 5.91 Å². The maximum absolute atomic E-state index is 11.6. The molecule has 0 aliphatic rings. The van der Waals surface area contributed by atoms with Gasteiger partial charge in [-0.05, 0) is 24.1 Å². The third-order valence-electron chi connectivity index (χ3n) is 3.45. The number of guanidine groups is 1. The summed E-state index contributed by atoms with van der Waals surface area (Å²) in [5, 5.41) is 6.21. The van der Waals surface area contributed by atoms with Gasteiger partial charge in [0.25, 0.3) is 0 Å². The zero-order valence-corrected chi connectivity index (χ0v) is 15.7. The Labute approximate surface area is 144 Å². The second-order valence-corrected chi connectivity index (χ2v) is 7.75. The molecule has 0 spiro atoms. The van der Waals surface area contributed by atoms with Crippen molar-refractivity contribution in [3.8, 4) is 0 Å². The number of sulfone groups is 1. The Morgan fingerprint density at radius 2 is 1.92 bits per heavy atom. The van der Waals surface area contributed by atoms with E-state index in [0.29, 0.717) is 30.4 Å². The van der Waals surface area contributed by atoms with E-state index in [1.807, 2.05) is 6.07 Å². The smallest absolute Gasteiger partial charge is 0.223 e. The third-order valence-corrected chi connectivity index (χ3v) is 4.71. The van der Waals surface area contributed by atoms with E-state index in [0.717, 1.165) is 11.1 Å². The van der Waals surface area contributed by atoms with E-state index < -0.39 is 9.84 Å². The summed E-state index contributed by atoms with van der Waals surface area (Å²) in [6, 6.07) is 5.24. The van der Waals surface area contributed by atoms with Crippen molar-refractivity contribution in [3.63, 3.8) is 0 Å². The van der Waals surface area contributed by atoms with E-state index in [9.17, 15) is 13.2 Å². The first-order valence-corrected chi connectivity index (χ1v) is 9.48. The Kier molecular flexibility index (Phi) is 7.21. The summed E-state index contributed by atoms with van der Waals surface area (Å²) in [7, 11) is 1.89. The number of carbonyl (C=O) groups is 1. The zero-order valence-electron chi connectivity index (χ0n) is 14.9. The van der Waals surface area contributed by atoms with Crippen LogP contribution in [-0.2, 0) is 21.2 Å². The van der Waals surface area contributed by atoms with Gasteiger partial charge >= 0.3 is 0 Å². The third kappa shape index (κ3) is 6.19. The molecule has 7 nitrogen and oxygen atoms in total. The predicted molar refractivity (Wildman–Crippen MR) is 95.8 cm³/mol. The summed E-state index contributed by atoms with van der Waals surface area (Å²) in [5.41, 5.74) is 1.67. The summed E-state index contributed by atoms with van der Waals surface area (Å²) >= 11 is 0. The van der Waals surface area contributed by atoms with Crippen LogP contribution in [0, 0.1) is 6.92 Å². The van der Waals surface area contributed by atoms with Gasteiger partial charge in [-0.15, -0.1) is 0 Å². The maximum Gasteiger partial charge on any atom is 0.223 e. The van der Waals surface area contributed by atoms with Gasteiger partial charge in [-0.3, -0.25) is 9.79 Å². The van der Waals surface area contributed by atoms with Crippen LogP contribution in [0.15, 0.2) is 28.1 Å². The lowest BCUT2D eigenvalue weighted by atomic mass is 10.1. The van der Waals surface area contributed by atoms with Crippen LogP contribution in [0.1, 0.15) is 17.5 Å². The van der Waals surface area contributed by atoms with Crippen LogP contribution < -0.4 is 10.6 Å². The van der Waals surface area contributed by atoms with Crippen LogP contribution in [0.4, 0.5) is 0 Å². The van der Waals surface area contributed by atoms with Gasteiger partial charge in [0.05, 0.1) is 4.90 Å². The van der Waals surface area contributed by atoms with Crippen molar-refractivity contribution < 1.29 is 13.2 Å². The molecule has 0 aliphatic heterocycles. The summed E-state index contributed by atoms with van der Waals surface area (Å²) in [5.74, 6) is 0.636. The molecule has 1 amide bonds. The fourth-order valence-corrected chi connectivity index (χ4v) is 3.11. The molecule has 8 heteroatoms. The number of hydrogen-bond acceptors (Lipinski definition) is 4. The second kappa shape index (κ2) is 8.68. The van der Waals surface area contributed by atoms with E-state index in [1.165, 1.54) is 6.26 Å². The maximum atomic E-state index is 11.6. The highest BCUT2D eigenvalue weighted by atomic mass is 32.2. The van der Waals surface area contributed by atoms with Crippen molar-refractivity contribution in [1.29, 1.82) is 0 Å². The van der Waals surface area contributed by atoms with Crippen molar-refractivity contribution in [2.75, 3.05) is 33.9 Å². The summed E-state index contributed by atoms with van der Waals surface area (Å²) in [6.45, 7) is 2.77. The molecule has 134 valence electrons. The SMILES string of the molecule is CN=C(NCCC(=O)N(C)C)NCc1ccc(S(C)(=O)=O)c(C)c1. The Balaban J connectivity index is 2.58. The molecule has 0 atom stereocenters. The van der Waals surface area contributed by atoms with Crippen LogP contribution in [0.2, 0.25) is 0 Å². The minimum absolute atomic E-state index is 0.0462. The first-order chi connectivity index (χ1) is 11.1. The molecule has 0 radical (unpaired) electrons. The lowest BCUT2D eigenvalue weighted by molar-refractivity contribution is -0.128. The first-order valence-electron chi connectivity index (χ1n) is 7.59. The molecular weight excluding hydrogens is 328 g/mol. The summed E-state index contributed by atoms with van der Waals surface area (Å²) in [4.78, 5) is 17.5. The normalized spacial score (nSPS) is 12.0. The van der Waals surface area contributed by atoms with Gasteiger partial charge in [0.1, 0.15) is 0 Å². The van der Waals surface area contributed by atoms with E-state index in [2.05, 4.69) is 15.6 Å². The van der Waals surface area contributed by atoms with Gasteiger partial charge < -0.3 is 15.5 Å². The minimum atomic E-state index is -3.21. The standard InChI is InChI=1S/C16H26N4O3S/c1-12-10-13(6-7-14(12)24(5,22)23)11-19-16(17-2)18-9-8-15(21)20(3)4/h6-7,10H,8-9,11H2,1-5H3,(H2,17,18,19). The number of hydrogen-bond donors (Lipinski definition) is 2. The zero-order chi connectivity index (χ0) is 18.3.